The van der Waals surface area contributed by atoms with Crippen LogP contribution in [0.2, 0.25) is 0 Å². The zero-order valence-electron chi connectivity index (χ0n) is 10.4. The Balaban J connectivity index is 2.08. The highest BCUT2D eigenvalue weighted by atomic mass is 19.1. The minimum Gasteiger partial charge on any atom is -0.456 e. The number of ether oxygens (including phenoxy) is 1. The van der Waals surface area contributed by atoms with Crippen LogP contribution in [0.4, 0.5) is 10.1 Å². The van der Waals surface area contributed by atoms with Gasteiger partial charge in [0.05, 0.1) is 11.3 Å². The van der Waals surface area contributed by atoms with Crippen LogP contribution in [0.1, 0.15) is 21.6 Å². The van der Waals surface area contributed by atoms with Crippen molar-refractivity contribution < 1.29 is 13.9 Å². The molecule has 19 heavy (non-hydrogen) atoms. The van der Waals surface area contributed by atoms with Crippen molar-refractivity contribution in [3.8, 4) is 0 Å². The molecule has 1 aromatic carbocycles. The van der Waals surface area contributed by atoms with Crippen LogP contribution in [-0.4, -0.2) is 11.0 Å². The summed E-state index contributed by atoms with van der Waals surface area (Å²) in [5.74, 6) is -1.09. The van der Waals surface area contributed by atoms with E-state index >= 15 is 0 Å². The molecule has 2 N–H and O–H groups in total. The van der Waals surface area contributed by atoms with Crippen LogP contribution in [0.15, 0.2) is 36.5 Å². The second-order valence-corrected chi connectivity index (χ2v) is 4.07. The summed E-state index contributed by atoms with van der Waals surface area (Å²) in [7, 11) is 0. The van der Waals surface area contributed by atoms with Crippen molar-refractivity contribution in [2.24, 2.45) is 0 Å². The number of hydrogen-bond acceptors (Lipinski definition) is 4. The fourth-order valence-electron chi connectivity index (χ4n) is 1.60. The van der Waals surface area contributed by atoms with Crippen LogP contribution in [0, 0.1) is 12.7 Å². The molecule has 0 radical (unpaired) electrons. The average molecular weight is 260 g/mol. The lowest BCUT2D eigenvalue weighted by Gasteiger charge is -2.08. The summed E-state index contributed by atoms with van der Waals surface area (Å²) >= 11 is 0. The lowest BCUT2D eigenvalue weighted by molar-refractivity contribution is 0.0468. The number of pyridine rings is 1. The molecule has 5 heteroatoms. The Morgan fingerprint density at radius 3 is 2.89 bits per heavy atom. The molecule has 0 saturated carbocycles. The van der Waals surface area contributed by atoms with Crippen LogP contribution in [0.3, 0.4) is 0 Å². The van der Waals surface area contributed by atoms with Gasteiger partial charge >= 0.3 is 5.97 Å². The molecule has 0 aliphatic rings. The quantitative estimate of drug-likeness (QED) is 0.680. The number of nitrogens with two attached hydrogens (primary N) is 1. The van der Waals surface area contributed by atoms with Gasteiger partial charge in [-0.15, -0.1) is 0 Å². The SMILES string of the molecule is Cc1cccnc1COC(=O)c1ccc(F)cc1N. The molecule has 0 unspecified atom stereocenters. The summed E-state index contributed by atoms with van der Waals surface area (Å²) in [5.41, 5.74) is 7.38. The minimum atomic E-state index is -0.595. The van der Waals surface area contributed by atoms with Gasteiger partial charge in [-0.1, -0.05) is 6.07 Å². The number of esters is 1. The number of anilines is 1. The average Bonchev–Trinajstić information content (AvgIpc) is 2.37. The van der Waals surface area contributed by atoms with Gasteiger partial charge in [0.25, 0.3) is 0 Å². The normalized spacial score (nSPS) is 10.2. The number of rotatable bonds is 3. The maximum absolute atomic E-state index is 12.9. The van der Waals surface area contributed by atoms with Crippen molar-refractivity contribution in [3.63, 3.8) is 0 Å². The van der Waals surface area contributed by atoms with E-state index in [0.717, 1.165) is 11.6 Å². The number of carbonyl (C=O) groups is 1. The number of nitrogen functional groups attached to an aromatic ring is 1. The monoisotopic (exact) mass is 260 g/mol. The number of carbonyl (C=O) groups excluding carboxylic acids is 1. The Hall–Kier alpha value is -2.43. The molecule has 0 aliphatic carbocycles. The van der Waals surface area contributed by atoms with E-state index in [0.29, 0.717) is 5.69 Å². The fraction of sp³-hybridized carbons (Fsp3) is 0.143. The van der Waals surface area contributed by atoms with Crippen LogP contribution >= 0.6 is 0 Å². The molecule has 1 aromatic heterocycles. The summed E-state index contributed by atoms with van der Waals surface area (Å²) in [5, 5.41) is 0. The van der Waals surface area contributed by atoms with E-state index in [1.165, 1.54) is 12.1 Å². The number of aryl methyl sites for hydroxylation is 1. The lowest BCUT2D eigenvalue weighted by Crippen LogP contribution is -2.09. The molecule has 0 spiro atoms. The summed E-state index contributed by atoms with van der Waals surface area (Å²) in [6, 6.07) is 7.24. The van der Waals surface area contributed by atoms with Gasteiger partial charge in [0.1, 0.15) is 12.4 Å². The number of aromatic nitrogens is 1. The Kier molecular flexibility index (Phi) is 3.75. The summed E-state index contributed by atoms with van der Waals surface area (Å²) in [6.45, 7) is 1.94. The van der Waals surface area contributed by atoms with Crippen LogP contribution in [0.5, 0.6) is 0 Å². The molecule has 0 bridgehead atoms. The highest BCUT2D eigenvalue weighted by Gasteiger charge is 2.12. The number of nitrogens with zero attached hydrogens (tertiary/aromatic N) is 1. The Bertz CT molecular complexity index is 614. The van der Waals surface area contributed by atoms with Crippen molar-refractivity contribution in [1.82, 2.24) is 4.98 Å². The molecular formula is C14H13FN2O2. The van der Waals surface area contributed by atoms with Crippen molar-refractivity contribution in [1.29, 1.82) is 0 Å². The van der Waals surface area contributed by atoms with Gasteiger partial charge in [-0.25, -0.2) is 9.18 Å². The van der Waals surface area contributed by atoms with Crippen molar-refractivity contribution in [2.75, 3.05) is 5.73 Å². The van der Waals surface area contributed by atoms with Crippen LogP contribution < -0.4 is 5.73 Å². The smallest absolute Gasteiger partial charge is 0.340 e. The first-order valence-corrected chi connectivity index (χ1v) is 5.70. The maximum atomic E-state index is 12.9. The molecule has 0 atom stereocenters. The van der Waals surface area contributed by atoms with Gasteiger partial charge in [0, 0.05) is 11.9 Å². The van der Waals surface area contributed by atoms with Gasteiger partial charge in [0.15, 0.2) is 0 Å². The molecule has 4 nitrogen and oxygen atoms in total. The van der Waals surface area contributed by atoms with Gasteiger partial charge in [-0.3, -0.25) is 4.98 Å². The topological polar surface area (TPSA) is 65.2 Å². The van der Waals surface area contributed by atoms with E-state index in [-0.39, 0.29) is 17.9 Å². The molecule has 2 rings (SSSR count). The molecule has 0 saturated heterocycles. The Morgan fingerprint density at radius 1 is 1.42 bits per heavy atom. The Labute approximate surface area is 110 Å². The summed E-state index contributed by atoms with van der Waals surface area (Å²) in [4.78, 5) is 15.9. The maximum Gasteiger partial charge on any atom is 0.340 e. The van der Waals surface area contributed by atoms with E-state index < -0.39 is 11.8 Å². The lowest BCUT2D eigenvalue weighted by atomic mass is 10.2. The molecule has 2 aromatic rings. The van der Waals surface area contributed by atoms with Gasteiger partial charge in [-0.05, 0) is 36.8 Å². The van der Waals surface area contributed by atoms with Crippen molar-refractivity contribution >= 4 is 11.7 Å². The number of benzene rings is 1. The number of hydrogen-bond donors (Lipinski definition) is 1. The van der Waals surface area contributed by atoms with Crippen molar-refractivity contribution in [2.45, 2.75) is 13.5 Å². The van der Waals surface area contributed by atoms with E-state index in [1.54, 1.807) is 12.3 Å². The standard InChI is InChI=1S/C14H13FN2O2/c1-9-3-2-6-17-13(9)8-19-14(18)11-5-4-10(15)7-12(11)16/h2-7H,8,16H2,1H3. The van der Waals surface area contributed by atoms with Gasteiger partial charge < -0.3 is 10.5 Å². The van der Waals surface area contributed by atoms with E-state index in [1.807, 2.05) is 13.0 Å². The van der Waals surface area contributed by atoms with Gasteiger partial charge in [-0.2, -0.15) is 0 Å². The fourth-order valence-corrected chi connectivity index (χ4v) is 1.60. The molecule has 98 valence electrons. The molecular weight excluding hydrogens is 247 g/mol. The third-order valence-electron chi connectivity index (χ3n) is 2.69. The molecule has 0 fully saturated rings. The highest BCUT2D eigenvalue weighted by molar-refractivity contribution is 5.94. The molecule has 0 amide bonds. The summed E-state index contributed by atoms with van der Waals surface area (Å²) < 4.78 is 18.0. The predicted molar refractivity (Wildman–Crippen MR) is 68.9 cm³/mol. The zero-order chi connectivity index (χ0) is 13.8. The third-order valence-corrected chi connectivity index (χ3v) is 2.69. The Morgan fingerprint density at radius 2 is 2.21 bits per heavy atom. The minimum absolute atomic E-state index is 0.0579. The van der Waals surface area contributed by atoms with Crippen LogP contribution in [-0.2, 0) is 11.3 Å². The predicted octanol–water partition coefficient (Wildman–Crippen LogP) is 2.47. The number of halogens is 1. The van der Waals surface area contributed by atoms with E-state index in [9.17, 15) is 9.18 Å². The largest absolute Gasteiger partial charge is 0.456 e. The van der Waals surface area contributed by atoms with E-state index in [4.69, 9.17) is 10.5 Å². The third kappa shape index (κ3) is 3.07. The van der Waals surface area contributed by atoms with E-state index in [2.05, 4.69) is 4.98 Å². The second kappa shape index (κ2) is 5.48. The first kappa shape index (κ1) is 13.0. The van der Waals surface area contributed by atoms with Crippen molar-refractivity contribution in [3.05, 3.63) is 59.2 Å². The van der Waals surface area contributed by atoms with Gasteiger partial charge in [0.2, 0.25) is 0 Å². The first-order valence-electron chi connectivity index (χ1n) is 5.70. The second-order valence-electron chi connectivity index (χ2n) is 4.07. The summed E-state index contributed by atoms with van der Waals surface area (Å²) in [6.07, 6.45) is 1.63. The first-order chi connectivity index (χ1) is 9.08. The highest BCUT2D eigenvalue weighted by Crippen LogP contribution is 2.15. The molecule has 0 aliphatic heterocycles. The zero-order valence-corrected chi connectivity index (χ0v) is 10.4. The van der Waals surface area contributed by atoms with Crippen LogP contribution in [0.25, 0.3) is 0 Å². The molecule has 1 heterocycles.